The number of imidazole rings is 1. The highest BCUT2D eigenvalue weighted by Crippen LogP contribution is 2.39. The van der Waals surface area contributed by atoms with Crippen LogP contribution in [0.15, 0.2) is 17.0 Å². The van der Waals surface area contributed by atoms with E-state index in [2.05, 4.69) is 15.1 Å². The van der Waals surface area contributed by atoms with Crippen molar-refractivity contribution in [3.63, 3.8) is 0 Å². The maximum Gasteiger partial charge on any atom is 0.244 e. The fourth-order valence-corrected chi connectivity index (χ4v) is 1.70. The van der Waals surface area contributed by atoms with Crippen LogP contribution >= 0.6 is 0 Å². The minimum Gasteiger partial charge on any atom is -0.337 e. The zero-order valence-electron chi connectivity index (χ0n) is 9.00. The van der Waals surface area contributed by atoms with E-state index in [1.54, 1.807) is 12.5 Å². The molecule has 16 heavy (non-hydrogen) atoms. The number of nitrogens with two attached hydrogens (primary N) is 1. The quantitative estimate of drug-likeness (QED) is 0.828. The van der Waals surface area contributed by atoms with E-state index in [0.29, 0.717) is 17.6 Å². The van der Waals surface area contributed by atoms with Crippen LogP contribution in [-0.4, -0.2) is 19.7 Å². The molecule has 1 aliphatic rings. The van der Waals surface area contributed by atoms with Crippen LogP contribution in [0, 0.1) is 5.92 Å². The molecule has 0 aliphatic heterocycles. The standard InChI is InChI=1S/C10H13N5O/c1-15-5-12-4-7(15)9-13-10(16-14-9)8(11)6-2-3-6/h4-6,8H,2-3,11H2,1H3. The van der Waals surface area contributed by atoms with Gasteiger partial charge in [-0.15, -0.1) is 0 Å². The van der Waals surface area contributed by atoms with Crippen molar-refractivity contribution in [1.82, 2.24) is 19.7 Å². The average Bonchev–Trinajstić information content (AvgIpc) is 2.86. The van der Waals surface area contributed by atoms with E-state index in [4.69, 9.17) is 10.3 Å². The van der Waals surface area contributed by atoms with Crippen molar-refractivity contribution in [3.05, 3.63) is 18.4 Å². The summed E-state index contributed by atoms with van der Waals surface area (Å²) >= 11 is 0. The number of hydrogen-bond donors (Lipinski definition) is 1. The maximum absolute atomic E-state index is 5.99. The Labute approximate surface area is 92.5 Å². The monoisotopic (exact) mass is 219 g/mol. The number of aromatic nitrogens is 4. The Hall–Kier alpha value is -1.69. The number of aryl methyl sites for hydroxylation is 1. The molecule has 1 aliphatic carbocycles. The maximum atomic E-state index is 5.99. The van der Waals surface area contributed by atoms with Gasteiger partial charge in [-0.1, -0.05) is 5.16 Å². The lowest BCUT2D eigenvalue weighted by Crippen LogP contribution is -2.12. The van der Waals surface area contributed by atoms with E-state index >= 15 is 0 Å². The minimum atomic E-state index is -0.116. The summed E-state index contributed by atoms with van der Waals surface area (Å²) < 4.78 is 7.02. The van der Waals surface area contributed by atoms with E-state index < -0.39 is 0 Å². The van der Waals surface area contributed by atoms with Gasteiger partial charge < -0.3 is 14.8 Å². The minimum absolute atomic E-state index is 0.116. The second-order valence-corrected chi connectivity index (χ2v) is 4.21. The molecule has 2 N–H and O–H groups in total. The van der Waals surface area contributed by atoms with Crippen LogP contribution in [0.2, 0.25) is 0 Å². The molecule has 2 aromatic heterocycles. The molecular weight excluding hydrogens is 206 g/mol. The Bertz CT molecular complexity index is 499. The van der Waals surface area contributed by atoms with Crippen LogP contribution in [0.25, 0.3) is 11.5 Å². The Balaban J connectivity index is 1.90. The van der Waals surface area contributed by atoms with Crippen molar-refractivity contribution >= 4 is 0 Å². The second-order valence-electron chi connectivity index (χ2n) is 4.21. The SMILES string of the molecule is Cn1cncc1-c1noc(C(N)C2CC2)n1. The first-order valence-electron chi connectivity index (χ1n) is 5.31. The van der Waals surface area contributed by atoms with Gasteiger partial charge in [0.1, 0.15) is 5.69 Å². The molecular formula is C10H13N5O. The fraction of sp³-hybridized carbons (Fsp3) is 0.500. The number of hydrogen-bond acceptors (Lipinski definition) is 5. The van der Waals surface area contributed by atoms with Gasteiger partial charge in [0, 0.05) is 7.05 Å². The van der Waals surface area contributed by atoms with E-state index in [1.165, 1.54) is 0 Å². The van der Waals surface area contributed by atoms with Gasteiger partial charge in [-0.05, 0) is 18.8 Å². The van der Waals surface area contributed by atoms with Crippen molar-refractivity contribution in [1.29, 1.82) is 0 Å². The molecule has 0 bridgehead atoms. The summed E-state index contributed by atoms with van der Waals surface area (Å²) in [5, 5.41) is 3.92. The summed E-state index contributed by atoms with van der Waals surface area (Å²) in [5.74, 6) is 1.59. The van der Waals surface area contributed by atoms with Crippen LogP contribution in [0.4, 0.5) is 0 Å². The highest BCUT2D eigenvalue weighted by molar-refractivity contribution is 5.47. The Morgan fingerprint density at radius 2 is 2.38 bits per heavy atom. The van der Waals surface area contributed by atoms with Crippen molar-refractivity contribution in [2.45, 2.75) is 18.9 Å². The Morgan fingerprint density at radius 3 is 3.00 bits per heavy atom. The molecule has 2 heterocycles. The average molecular weight is 219 g/mol. The predicted octanol–water partition coefficient (Wildman–Crippen LogP) is 0.880. The lowest BCUT2D eigenvalue weighted by molar-refractivity contribution is 0.343. The lowest BCUT2D eigenvalue weighted by Gasteiger charge is -2.01. The van der Waals surface area contributed by atoms with Crippen molar-refractivity contribution in [2.24, 2.45) is 18.7 Å². The molecule has 0 aromatic carbocycles. The van der Waals surface area contributed by atoms with E-state index in [-0.39, 0.29) is 6.04 Å². The molecule has 0 amide bonds. The highest BCUT2D eigenvalue weighted by Gasteiger charge is 2.33. The first-order valence-corrected chi connectivity index (χ1v) is 5.31. The predicted molar refractivity (Wildman–Crippen MR) is 56.2 cm³/mol. The van der Waals surface area contributed by atoms with E-state index in [0.717, 1.165) is 18.5 Å². The van der Waals surface area contributed by atoms with Gasteiger partial charge in [-0.25, -0.2) is 4.98 Å². The van der Waals surface area contributed by atoms with Gasteiger partial charge in [0.05, 0.1) is 18.6 Å². The highest BCUT2D eigenvalue weighted by atomic mass is 16.5. The van der Waals surface area contributed by atoms with Crippen LogP contribution in [0.5, 0.6) is 0 Å². The zero-order chi connectivity index (χ0) is 11.1. The second kappa shape index (κ2) is 3.41. The third-order valence-electron chi connectivity index (χ3n) is 2.90. The molecule has 3 rings (SSSR count). The van der Waals surface area contributed by atoms with Crippen LogP contribution in [0.3, 0.4) is 0 Å². The van der Waals surface area contributed by atoms with Gasteiger partial charge in [0.15, 0.2) is 0 Å². The fourth-order valence-electron chi connectivity index (χ4n) is 1.70. The largest absolute Gasteiger partial charge is 0.337 e. The summed E-state index contributed by atoms with van der Waals surface area (Å²) in [6.45, 7) is 0. The first-order chi connectivity index (χ1) is 7.75. The Kier molecular flexibility index (Phi) is 2.03. The summed E-state index contributed by atoms with van der Waals surface area (Å²) in [7, 11) is 1.89. The van der Waals surface area contributed by atoms with Crippen LogP contribution < -0.4 is 5.73 Å². The van der Waals surface area contributed by atoms with Crippen LogP contribution in [0.1, 0.15) is 24.8 Å². The van der Waals surface area contributed by atoms with Crippen molar-refractivity contribution in [3.8, 4) is 11.5 Å². The topological polar surface area (TPSA) is 82.8 Å². The first kappa shape index (κ1) is 9.53. The van der Waals surface area contributed by atoms with E-state index in [1.807, 2.05) is 11.6 Å². The van der Waals surface area contributed by atoms with Gasteiger partial charge >= 0.3 is 0 Å². The Morgan fingerprint density at radius 1 is 1.56 bits per heavy atom. The molecule has 6 nitrogen and oxygen atoms in total. The number of rotatable bonds is 3. The molecule has 0 radical (unpaired) electrons. The molecule has 2 aromatic rings. The molecule has 1 unspecified atom stereocenters. The molecule has 1 atom stereocenters. The molecule has 1 saturated carbocycles. The van der Waals surface area contributed by atoms with Gasteiger partial charge in [-0.2, -0.15) is 4.98 Å². The van der Waals surface area contributed by atoms with Crippen molar-refractivity contribution < 1.29 is 4.52 Å². The smallest absolute Gasteiger partial charge is 0.244 e. The van der Waals surface area contributed by atoms with Gasteiger partial charge in [0.2, 0.25) is 11.7 Å². The van der Waals surface area contributed by atoms with E-state index in [9.17, 15) is 0 Å². The normalized spacial score (nSPS) is 17.6. The lowest BCUT2D eigenvalue weighted by atomic mass is 10.2. The van der Waals surface area contributed by atoms with Gasteiger partial charge in [-0.3, -0.25) is 0 Å². The summed E-state index contributed by atoms with van der Waals surface area (Å²) in [6.07, 6.45) is 5.72. The molecule has 1 fully saturated rings. The van der Waals surface area contributed by atoms with Gasteiger partial charge in [0.25, 0.3) is 0 Å². The molecule has 6 heteroatoms. The third-order valence-corrected chi connectivity index (χ3v) is 2.90. The number of nitrogens with zero attached hydrogens (tertiary/aromatic N) is 4. The zero-order valence-corrected chi connectivity index (χ0v) is 9.00. The molecule has 0 spiro atoms. The molecule has 0 saturated heterocycles. The van der Waals surface area contributed by atoms with Crippen LogP contribution in [-0.2, 0) is 7.05 Å². The summed E-state index contributed by atoms with van der Waals surface area (Å²) in [4.78, 5) is 8.32. The van der Waals surface area contributed by atoms with Crippen molar-refractivity contribution in [2.75, 3.05) is 0 Å². The summed E-state index contributed by atoms with van der Waals surface area (Å²) in [5.41, 5.74) is 6.82. The third kappa shape index (κ3) is 1.51. The summed E-state index contributed by atoms with van der Waals surface area (Å²) in [6, 6.07) is -0.116. The molecule has 84 valence electrons.